The lowest BCUT2D eigenvalue weighted by molar-refractivity contribution is 0.102. The molecule has 0 bridgehead atoms. The summed E-state index contributed by atoms with van der Waals surface area (Å²) in [5.41, 5.74) is 2.77. The van der Waals surface area contributed by atoms with Crippen molar-refractivity contribution in [2.45, 2.75) is 20.8 Å². The number of hydrogen-bond donors (Lipinski definition) is 1. The zero-order valence-corrected chi connectivity index (χ0v) is 14.0. The van der Waals surface area contributed by atoms with Gasteiger partial charge in [-0.15, -0.1) is 0 Å². The number of nitrogens with zero attached hydrogens (tertiary/aromatic N) is 1. The molecule has 25 heavy (non-hydrogen) atoms. The van der Waals surface area contributed by atoms with Gasteiger partial charge < -0.3 is 9.84 Å². The van der Waals surface area contributed by atoms with Gasteiger partial charge in [-0.3, -0.25) is 4.79 Å². The average Bonchev–Trinajstić information content (AvgIpc) is 2.91. The third-order valence-corrected chi connectivity index (χ3v) is 3.91. The lowest BCUT2D eigenvalue weighted by Gasteiger charge is -2.09. The number of benzene rings is 2. The molecule has 0 saturated heterocycles. The van der Waals surface area contributed by atoms with Crippen LogP contribution in [0.25, 0.3) is 11.3 Å². The maximum atomic E-state index is 14.1. The molecule has 3 rings (SSSR count). The van der Waals surface area contributed by atoms with E-state index in [0.29, 0.717) is 5.69 Å². The van der Waals surface area contributed by atoms with Crippen LogP contribution in [0.1, 0.15) is 27.2 Å². The van der Waals surface area contributed by atoms with E-state index in [4.69, 9.17) is 4.52 Å². The Bertz CT molecular complexity index is 964. The quantitative estimate of drug-likeness (QED) is 0.744. The summed E-state index contributed by atoms with van der Waals surface area (Å²) in [5, 5.41) is 6.56. The summed E-state index contributed by atoms with van der Waals surface area (Å²) in [6.45, 7) is 5.40. The standard InChI is InChI=1S/C19H16F2N2O2/c1-10-4-7-16(11(2)8-10)22-19(24)17-12(3)25-23-18(17)14-6-5-13(20)9-15(14)21/h4-9H,1-3H3,(H,22,24). The van der Waals surface area contributed by atoms with Crippen LogP contribution in [0.4, 0.5) is 14.5 Å². The van der Waals surface area contributed by atoms with Crippen LogP contribution in [0.3, 0.4) is 0 Å². The minimum atomic E-state index is -0.811. The molecule has 1 N–H and O–H groups in total. The monoisotopic (exact) mass is 342 g/mol. The molecule has 3 aromatic rings. The number of aryl methyl sites for hydroxylation is 3. The highest BCUT2D eigenvalue weighted by Gasteiger charge is 2.24. The summed E-state index contributed by atoms with van der Waals surface area (Å²) in [6, 6.07) is 8.69. The Kier molecular flexibility index (Phi) is 4.35. The SMILES string of the molecule is Cc1ccc(NC(=O)c2c(-c3ccc(F)cc3F)noc2C)c(C)c1. The molecule has 0 spiro atoms. The van der Waals surface area contributed by atoms with Crippen molar-refractivity contribution in [2.24, 2.45) is 0 Å². The summed E-state index contributed by atoms with van der Waals surface area (Å²) in [5.74, 6) is -1.73. The fourth-order valence-electron chi connectivity index (χ4n) is 2.64. The molecular weight excluding hydrogens is 326 g/mol. The summed E-state index contributed by atoms with van der Waals surface area (Å²) in [4.78, 5) is 12.7. The number of rotatable bonds is 3. The highest BCUT2D eigenvalue weighted by Crippen LogP contribution is 2.29. The van der Waals surface area contributed by atoms with Crippen LogP contribution in [0, 0.1) is 32.4 Å². The van der Waals surface area contributed by atoms with E-state index in [-0.39, 0.29) is 22.6 Å². The van der Waals surface area contributed by atoms with E-state index < -0.39 is 17.5 Å². The molecule has 1 amide bonds. The van der Waals surface area contributed by atoms with Crippen molar-refractivity contribution in [1.82, 2.24) is 5.16 Å². The van der Waals surface area contributed by atoms with E-state index in [9.17, 15) is 13.6 Å². The van der Waals surface area contributed by atoms with Gasteiger partial charge in [0.15, 0.2) is 0 Å². The van der Waals surface area contributed by atoms with Gasteiger partial charge in [0, 0.05) is 17.3 Å². The van der Waals surface area contributed by atoms with Gasteiger partial charge in [0.2, 0.25) is 0 Å². The van der Waals surface area contributed by atoms with E-state index in [1.165, 1.54) is 6.07 Å². The molecule has 0 saturated carbocycles. The number of carbonyl (C=O) groups is 1. The summed E-state index contributed by atoms with van der Waals surface area (Å²) in [6.07, 6.45) is 0. The second kappa shape index (κ2) is 6.47. The predicted molar refractivity (Wildman–Crippen MR) is 90.5 cm³/mol. The van der Waals surface area contributed by atoms with Gasteiger partial charge in [0.1, 0.15) is 28.7 Å². The fourth-order valence-corrected chi connectivity index (χ4v) is 2.64. The number of anilines is 1. The number of nitrogens with one attached hydrogen (secondary N) is 1. The van der Waals surface area contributed by atoms with Crippen molar-refractivity contribution in [3.8, 4) is 11.3 Å². The van der Waals surface area contributed by atoms with Gasteiger partial charge in [0.05, 0.1) is 0 Å². The molecule has 0 aliphatic rings. The maximum absolute atomic E-state index is 14.1. The van der Waals surface area contributed by atoms with Crippen LogP contribution >= 0.6 is 0 Å². The third-order valence-electron chi connectivity index (χ3n) is 3.91. The van der Waals surface area contributed by atoms with Crippen LogP contribution in [0.15, 0.2) is 40.9 Å². The molecule has 0 atom stereocenters. The van der Waals surface area contributed by atoms with Gasteiger partial charge in [0.25, 0.3) is 5.91 Å². The smallest absolute Gasteiger partial charge is 0.261 e. The van der Waals surface area contributed by atoms with Gasteiger partial charge in [-0.1, -0.05) is 22.9 Å². The zero-order chi connectivity index (χ0) is 18.1. The molecule has 0 radical (unpaired) electrons. The lowest BCUT2D eigenvalue weighted by atomic mass is 10.0. The van der Waals surface area contributed by atoms with Crippen LogP contribution < -0.4 is 5.32 Å². The summed E-state index contributed by atoms with van der Waals surface area (Å²) in [7, 11) is 0. The van der Waals surface area contributed by atoms with E-state index in [2.05, 4.69) is 10.5 Å². The summed E-state index contributed by atoms with van der Waals surface area (Å²) >= 11 is 0. The molecule has 1 heterocycles. The molecule has 0 aliphatic carbocycles. The Morgan fingerprint density at radius 2 is 1.84 bits per heavy atom. The first-order chi connectivity index (χ1) is 11.9. The minimum Gasteiger partial charge on any atom is -0.360 e. The molecule has 1 aromatic heterocycles. The van der Waals surface area contributed by atoms with Crippen LogP contribution in [-0.4, -0.2) is 11.1 Å². The van der Waals surface area contributed by atoms with Crippen molar-refractivity contribution >= 4 is 11.6 Å². The van der Waals surface area contributed by atoms with Crippen molar-refractivity contribution in [1.29, 1.82) is 0 Å². The Balaban J connectivity index is 2.00. The molecule has 6 heteroatoms. The van der Waals surface area contributed by atoms with Gasteiger partial charge in [-0.25, -0.2) is 8.78 Å². The Morgan fingerprint density at radius 1 is 1.08 bits per heavy atom. The molecule has 4 nitrogen and oxygen atoms in total. The second-order valence-corrected chi connectivity index (χ2v) is 5.86. The first-order valence-electron chi connectivity index (χ1n) is 7.67. The normalized spacial score (nSPS) is 10.8. The molecule has 0 fully saturated rings. The van der Waals surface area contributed by atoms with Crippen LogP contribution in [0.2, 0.25) is 0 Å². The zero-order valence-electron chi connectivity index (χ0n) is 14.0. The topological polar surface area (TPSA) is 55.1 Å². The van der Waals surface area contributed by atoms with Crippen LogP contribution in [-0.2, 0) is 0 Å². The maximum Gasteiger partial charge on any atom is 0.261 e. The van der Waals surface area contributed by atoms with Crippen molar-refractivity contribution < 1.29 is 18.1 Å². The van der Waals surface area contributed by atoms with Crippen molar-refractivity contribution in [2.75, 3.05) is 5.32 Å². The van der Waals surface area contributed by atoms with Crippen LogP contribution in [0.5, 0.6) is 0 Å². The Labute approximate surface area is 143 Å². The van der Waals surface area contributed by atoms with Crippen molar-refractivity contribution in [3.05, 3.63) is 70.5 Å². The van der Waals surface area contributed by atoms with Gasteiger partial charge in [-0.2, -0.15) is 0 Å². The molecule has 0 unspecified atom stereocenters. The first kappa shape index (κ1) is 16.8. The highest BCUT2D eigenvalue weighted by molar-refractivity contribution is 6.09. The molecule has 128 valence electrons. The Hall–Kier alpha value is -3.02. The number of halogens is 2. The van der Waals surface area contributed by atoms with E-state index in [1.54, 1.807) is 13.0 Å². The van der Waals surface area contributed by atoms with E-state index in [1.807, 2.05) is 26.0 Å². The molecular formula is C19H16F2N2O2. The largest absolute Gasteiger partial charge is 0.360 e. The fraction of sp³-hybridized carbons (Fsp3) is 0.158. The minimum absolute atomic E-state index is 0.00373. The predicted octanol–water partition coefficient (Wildman–Crippen LogP) is 4.80. The number of hydrogen-bond acceptors (Lipinski definition) is 3. The number of amides is 1. The molecule has 2 aromatic carbocycles. The highest BCUT2D eigenvalue weighted by atomic mass is 19.1. The summed E-state index contributed by atoms with van der Waals surface area (Å²) < 4.78 is 32.3. The first-order valence-corrected chi connectivity index (χ1v) is 7.67. The van der Waals surface area contributed by atoms with E-state index >= 15 is 0 Å². The third kappa shape index (κ3) is 3.28. The number of aromatic nitrogens is 1. The second-order valence-electron chi connectivity index (χ2n) is 5.86. The molecule has 0 aliphatic heterocycles. The lowest BCUT2D eigenvalue weighted by Crippen LogP contribution is -2.14. The Morgan fingerprint density at radius 3 is 2.52 bits per heavy atom. The number of carbonyl (C=O) groups excluding carboxylic acids is 1. The van der Waals surface area contributed by atoms with E-state index in [0.717, 1.165) is 23.3 Å². The van der Waals surface area contributed by atoms with Gasteiger partial charge >= 0.3 is 0 Å². The average molecular weight is 342 g/mol. The van der Waals surface area contributed by atoms with Gasteiger partial charge in [-0.05, 0) is 44.5 Å². The van der Waals surface area contributed by atoms with Crippen molar-refractivity contribution in [3.63, 3.8) is 0 Å².